The fourth-order valence-electron chi connectivity index (χ4n) is 3.22. The maximum Gasteiger partial charge on any atom is 0.185 e. The molecule has 0 N–H and O–H groups in total. The first-order chi connectivity index (χ1) is 12.6. The van der Waals surface area contributed by atoms with Crippen molar-refractivity contribution >= 4 is 17.5 Å². The molecule has 0 atom stereocenters. The molecule has 1 saturated heterocycles. The van der Waals surface area contributed by atoms with Crippen LogP contribution < -0.4 is 14.4 Å². The summed E-state index contributed by atoms with van der Waals surface area (Å²) < 4.78 is 11.0. The fraction of sp³-hybridized carbons (Fsp3) is 0.318. The Morgan fingerprint density at radius 1 is 1.00 bits per heavy atom. The minimum atomic E-state index is -0.0226. The van der Waals surface area contributed by atoms with Gasteiger partial charge in [0.05, 0.1) is 19.9 Å². The number of methoxy groups -OCH3 is 2. The van der Waals surface area contributed by atoms with Gasteiger partial charge in [-0.05, 0) is 38.0 Å². The number of hydrogen-bond donors (Lipinski definition) is 0. The van der Waals surface area contributed by atoms with Crippen LogP contribution in [0.3, 0.4) is 0 Å². The van der Waals surface area contributed by atoms with Crippen LogP contribution in [0.4, 0.5) is 5.69 Å². The number of benzene rings is 2. The lowest BCUT2D eigenvalue weighted by molar-refractivity contribution is 0.104. The molecule has 0 aromatic heterocycles. The lowest BCUT2D eigenvalue weighted by atomic mass is 10.1. The molecule has 0 spiro atoms. The van der Waals surface area contributed by atoms with Gasteiger partial charge in [0.15, 0.2) is 5.78 Å². The number of rotatable bonds is 6. The zero-order valence-electron chi connectivity index (χ0n) is 15.6. The van der Waals surface area contributed by atoms with Crippen LogP contribution in [0.25, 0.3) is 6.08 Å². The number of nitrogens with zero attached hydrogens (tertiary/aromatic N) is 1. The Kier molecular flexibility index (Phi) is 5.61. The van der Waals surface area contributed by atoms with Crippen LogP contribution in [-0.4, -0.2) is 33.1 Å². The molecular weight excluding hydrogens is 326 g/mol. The molecule has 26 heavy (non-hydrogen) atoms. The molecule has 2 aromatic carbocycles. The highest BCUT2D eigenvalue weighted by Crippen LogP contribution is 2.37. The normalized spacial score (nSPS) is 14.0. The van der Waals surface area contributed by atoms with E-state index in [4.69, 9.17) is 9.47 Å². The van der Waals surface area contributed by atoms with E-state index in [0.29, 0.717) is 11.3 Å². The second kappa shape index (κ2) is 8.09. The van der Waals surface area contributed by atoms with Gasteiger partial charge in [-0.25, -0.2) is 0 Å². The van der Waals surface area contributed by atoms with E-state index in [0.717, 1.165) is 35.7 Å². The summed E-state index contributed by atoms with van der Waals surface area (Å²) in [5, 5.41) is 0. The summed E-state index contributed by atoms with van der Waals surface area (Å²) in [6.45, 7) is 4.05. The van der Waals surface area contributed by atoms with Crippen molar-refractivity contribution in [1.82, 2.24) is 0 Å². The van der Waals surface area contributed by atoms with Crippen molar-refractivity contribution < 1.29 is 14.3 Å². The number of allylic oxidation sites excluding steroid dienone is 1. The van der Waals surface area contributed by atoms with Gasteiger partial charge < -0.3 is 14.4 Å². The first kappa shape index (κ1) is 18.1. The van der Waals surface area contributed by atoms with Crippen molar-refractivity contribution in [1.29, 1.82) is 0 Å². The van der Waals surface area contributed by atoms with E-state index in [1.54, 1.807) is 20.3 Å². The Morgan fingerprint density at radius 2 is 1.65 bits per heavy atom. The number of ketones is 1. The molecule has 0 bridgehead atoms. The van der Waals surface area contributed by atoms with Crippen molar-refractivity contribution in [2.75, 3.05) is 32.2 Å². The molecule has 136 valence electrons. The number of carbonyl (C=O) groups excluding carboxylic acids is 1. The van der Waals surface area contributed by atoms with E-state index in [1.807, 2.05) is 49.4 Å². The van der Waals surface area contributed by atoms with Crippen molar-refractivity contribution in [3.63, 3.8) is 0 Å². The van der Waals surface area contributed by atoms with E-state index in [1.165, 1.54) is 12.8 Å². The Morgan fingerprint density at radius 3 is 2.27 bits per heavy atom. The Hall–Kier alpha value is -2.75. The van der Waals surface area contributed by atoms with Crippen LogP contribution in [0.15, 0.2) is 42.5 Å². The van der Waals surface area contributed by atoms with Gasteiger partial charge in [-0.1, -0.05) is 29.8 Å². The molecule has 0 aliphatic carbocycles. The quantitative estimate of drug-likeness (QED) is 0.567. The highest BCUT2D eigenvalue weighted by atomic mass is 16.5. The van der Waals surface area contributed by atoms with Crippen LogP contribution in [-0.2, 0) is 0 Å². The summed E-state index contributed by atoms with van der Waals surface area (Å²) in [7, 11) is 3.30. The lowest BCUT2D eigenvalue weighted by Crippen LogP contribution is -2.18. The molecule has 1 aliphatic rings. The highest BCUT2D eigenvalue weighted by molar-refractivity contribution is 6.07. The van der Waals surface area contributed by atoms with E-state index in [-0.39, 0.29) is 5.78 Å². The molecule has 2 aromatic rings. The average molecular weight is 351 g/mol. The van der Waals surface area contributed by atoms with Crippen molar-refractivity contribution in [2.24, 2.45) is 0 Å². The average Bonchev–Trinajstić information content (AvgIpc) is 3.20. The third-order valence-electron chi connectivity index (χ3n) is 4.73. The van der Waals surface area contributed by atoms with Gasteiger partial charge in [0.2, 0.25) is 0 Å². The number of anilines is 1. The van der Waals surface area contributed by atoms with E-state index in [9.17, 15) is 4.79 Å². The smallest absolute Gasteiger partial charge is 0.185 e. The summed E-state index contributed by atoms with van der Waals surface area (Å²) >= 11 is 0. The number of ether oxygens (including phenoxy) is 2. The molecule has 1 heterocycles. The van der Waals surface area contributed by atoms with Gasteiger partial charge in [-0.3, -0.25) is 4.79 Å². The minimum absolute atomic E-state index is 0.0226. The predicted molar refractivity (Wildman–Crippen MR) is 106 cm³/mol. The maximum absolute atomic E-state index is 12.4. The summed E-state index contributed by atoms with van der Waals surface area (Å²) in [6, 6.07) is 11.5. The molecule has 4 heteroatoms. The van der Waals surface area contributed by atoms with Crippen molar-refractivity contribution in [3.8, 4) is 11.5 Å². The standard InChI is InChI=1S/C22H25NO3/c1-16-6-8-17(9-7-16)20(24)11-10-18-14-19(23-12-4-5-13-23)22(26-3)15-21(18)25-2/h6-11,14-15H,4-5,12-13H2,1-3H3/b11-10+. The molecule has 0 saturated carbocycles. The molecule has 3 rings (SSSR count). The van der Waals surface area contributed by atoms with Gasteiger partial charge in [-0.15, -0.1) is 0 Å². The summed E-state index contributed by atoms with van der Waals surface area (Å²) in [5.74, 6) is 1.47. The molecule has 4 nitrogen and oxygen atoms in total. The number of aryl methyl sites for hydroxylation is 1. The first-order valence-corrected chi connectivity index (χ1v) is 8.92. The van der Waals surface area contributed by atoms with E-state index < -0.39 is 0 Å². The second-order valence-corrected chi connectivity index (χ2v) is 6.52. The summed E-state index contributed by atoms with van der Waals surface area (Å²) in [4.78, 5) is 14.7. The number of hydrogen-bond acceptors (Lipinski definition) is 4. The minimum Gasteiger partial charge on any atom is -0.496 e. The van der Waals surface area contributed by atoms with Crippen molar-refractivity contribution in [2.45, 2.75) is 19.8 Å². The van der Waals surface area contributed by atoms with Gasteiger partial charge in [0.25, 0.3) is 0 Å². The molecule has 1 fully saturated rings. The van der Waals surface area contributed by atoms with Gasteiger partial charge in [-0.2, -0.15) is 0 Å². The Bertz CT molecular complexity index is 803. The molecule has 0 radical (unpaired) electrons. The largest absolute Gasteiger partial charge is 0.496 e. The monoisotopic (exact) mass is 351 g/mol. The van der Waals surface area contributed by atoms with E-state index in [2.05, 4.69) is 4.90 Å². The Balaban J connectivity index is 1.91. The van der Waals surface area contributed by atoms with Gasteiger partial charge >= 0.3 is 0 Å². The maximum atomic E-state index is 12.4. The van der Waals surface area contributed by atoms with Crippen LogP contribution in [0.5, 0.6) is 11.5 Å². The van der Waals surface area contributed by atoms with Crippen LogP contribution in [0.2, 0.25) is 0 Å². The molecule has 1 aliphatic heterocycles. The summed E-state index contributed by atoms with van der Waals surface area (Å²) in [6.07, 6.45) is 5.79. The van der Waals surface area contributed by atoms with Crippen molar-refractivity contribution in [3.05, 3.63) is 59.2 Å². The third kappa shape index (κ3) is 3.90. The molecule has 0 amide bonds. The van der Waals surface area contributed by atoms with Crippen LogP contribution in [0.1, 0.15) is 34.3 Å². The Labute approximate surface area is 155 Å². The second-order valence-electron chi connectivity index (χ2n) is 6.52. The fourth-order valence-corrected chi connectivity index (χ4v) is 3.22. The zero-order valence-corrected chi connectivity index (χ0v) is 15.6. The zero-order chi connectivity index (χ0) is 18.5. The predicted octanol–water partition coefficient (Wildman–Crippen LogP) is 4.51. The first-order valence-electron chi connectivity index (χ1n) is 8.92. The van der Waals surface area contributed by atoms with E-state index >= 15 is 0 Å². The topological polar surface area (TPSA) is 38.8 Å². The molecular formula is C22H25NO3. The van der Waals surface area contributed by atoms with Crippen LogP contribution in [0, 0.1) is 6.92 Å². The molecule has 0 unspecified atom stereocenters. The third-order valence-corrected chi connectivity index (χ3v) is 4.73. The number of carbonyl (C=O) groups is 1. The lowest BCUT2D eigenvalue weighted by Gasteiger charge is -2.22. The van der Waals surface area contributed by atoms with Crippen LogP contribution >= 0.6 is 0 Å². The highest BCUT2D eigenvalue weighted by Gasteiger charge is 2.19. The SMILES string of the molecule is COc1cc(OC)c(N2CCCC2)cc1/C=C/C(=O)c1ccc(C)cc1. The van der Waals surface area contributed by atoms with Gasteiger partial charge in [0.1, 0.15) is 11.5 Å². The van der Waals surface area contributed by atoms with Gasteiger partial charge in [0, 0.05) is 30.3 Å². The summed E-state index contributed by atoms with van der Waals surface area (Å²) in [5.41, 5.74) is 3.74.